The van der Waals surface area contributed by atoms with Crippen molar-refractivity contribution in [1.29, 1.82) is 0 Å². The molecule has 0 bridgehead atoms. The molecule has 0 aliphatic carbocycles. The molecule has 0 spiro atoms. The molecular formula is C15H18ClF4N3O3S. The average molecular weight is 432 g/mol. The zero-order chi connectivity index (χ0) is 19.1. The number of nitrogens with zero attached hydrogens (tertiary/aromatic N) is 2. The molecule has 27 heavy (non-hydrogen) atoms. The van der Waals surface area contributed by atoms with Gasteiger partial charge in [0.05, 0.1) is 6.54 Å². The first-order chi connectivity index (χ1) is 12.2. The van der Waals surface area contributed by atoms with Crippen LogP contribution in [0.2, 0.25) is 0 Å². The molecule has 2 heterocycles. The molecule has 1 aromatic rings. The molecule has 1 aromatic carbocycles. The molecule has 6 nitrogen and oxygen atoms in total. The standard InChI is InChI=1S/C15H17F4N3O3S.ClH/c16-10-6-11(17)14(19)15(13(10)18)26(24,25)21-4-1-2-9(8-21)22-5-3-20-7-12(22)23;/h6,9,20H,1-5,7-8H2;1H. The van der Waals surface area contributed by atoms with Crippen molar-refractivity contribution in [3.8, 4) is 0 Å². The van der Waals surface area contributed by atoms with E-state index in [1.165, 1.54) is 4.90 Å². The Morgan fingerprint density at radius 1 is 1.07 bits per heavy atom. The third-order valence-electron chi connectivity index (χ3n) is 4.60. The molecule has 1 N–H and O–H groups in total. The van der Waals surface area contributed by atoms with E-state index < -0.39 is 44.2 Å². The van der Waals surface area contributed by atoms with E-state index in [1.807, 2.05) is 0 Å². The highest BCUT2D eigenvalue weighted by Crippen LogP contribution is 2.29. The largest absolute Gasteiger partial charge is 0.336 e. The molecule has 12 heteroatoms. The van der Waals surface area contributed by atoms with Crippen molar-refractivity contribution in [3.05, 3.63) is 29.3 Å². The first-order valence-corrected chi connectivity index (χ1v) is 9.51. The van der Waals surface area contributed by atoms with Crippen molar-refractivity contribution in [1.82, 2.24) is 14.5 Å². The van der Waals surface area contributed by atoms with Crippen molar-refractivity contribution < 1.29 is 30.8 Å². The van der Waals surface area contributed by atoms with Gasteiger partial charge in [-0.05, 0) is 12.8 Å². The fourth-order valence-electron chi connectivity index (χ4n) is 3.31. The van der Waals surface area contributed by atoms with Gasteiger partial charge in [-0.15, -0.1) is 12.4 Å². The van der Waals surface area contributed by atoms with Gasteiger partial charge in [0.2, 0.25) is 15.9 Å². The number of carbonyl (C=O) groups is 1. The SMILES string of the molecule is Cl.O=C1CNCCN1C1CCCN(S(=O)(=O)c2c(F)c(F)cc(F)c2F)C1. The second kappa shape index (κ2) is 8.29. The number of piperidine rings is 1. The van der Waals surface area contributed by atoms with E-state index in [1.54, 1.807) is 0 Å². The van der Waals surface area contributed by atoms with E-state index in [0.29, 0.717) is 25.9 Å². The van der Waals surface area contributed by atoms with Crippen LogP contribution in [-0.2, 0) is 14.8 Å². The van der Waals surface area contributed by atoms with Crippen LogP contribution in [0.25, 0.3) is 0 Å². The maximum Gasteiger partial charge on any atom is 0.249 e. The molecule has 1 amide bonds. The molecule has 152 valence electrons. The van der Waals surface area contributed by atoms with Gasteiger partial charge in [0, 0.05) is 38.3 Å². The lowest BCUT2D eigenvalue weighted by atomic mass is 10.1. The Labute approximate surface area is 160 Å². The highest BCUT2D eigenvalue weighted by Gasteiger charge is 2.39. The van der Waals surface area contributed by atoms with Crippen LogP contribution in [-0.4, -0.2) is 62.3 Å². The number of amides is 1. The van der Waals surface area contributed by atoms with Gasteiger partial charge in [-0.1, -0.05) is 0 Å². The van der Waals surface area contributed by atoms with Crippen molar-refractivity contribution in [2.75, 3.05) is 32.7 Å². The van der Waals surface area contributed by atoms with E-state index in [9.17, 15) is 30.8 Å². The van der Waals surface area contributed by atoms with Crippen molar-refractivity contribution >= 4 is 28.3 Å². The molecule has 2 aliphatic rings. The molecule has 0 aromatic heterocycles. The molecule has 1 atom stereocenters. The monoisotopic (exact) mass is 431 g/mol. The van der Waals surface area contributed by atoms with Crippen LogP contribution in [0.3, 0.4) is 0 Å². The fourth-order valence-corrected chi connectivity index (χ4v) is 4.95. The van der Waals surface area contributed by atoms with Gasteiger partial charge < -0.3 is 10.2 Å². The second-order valence-corrected chi connectivity index (χ2v) is 8.10. The fraction of sp³-hybridized carbons (Fsp3) is 0.533. The molecule has 2 aliphatic heterocycles. The number of hydrogen-bond acceptors (Lipinski definition) is 4. The first kappa shape index (κ1) is 21.9. The quantitative estimate of drug-likeness (QED) is 0.577. The predicted octanol–water partition coefficient (Wildman–Crippen LogP) is 1.25. The number of benzene rings is 1. The lowest BCUT2D eigenvalue weighted by Crippen LogP contribution is -2.57. The number of sulfonamides is 1. The van der Waals surface area contributed by atoms with Crippen molar-refractivity contribution in [2.45, 2.75) is 23.8 Å². The number of halogens is 5. The lowest BCUT2D eigenvalue weighted by Gasteiger charge is -2.40. The topological polar surface area (TPSA) is 69.7 Å². The Bertz CT molecular complexity index is 814. The second-order valence-electron chi connectivity index (χ2n) is 6.22. The lowest BCUT2D eigenvalue weighted by molar-refractivity contribution is -0.135. The molecule has 0 radical (unpaired) electrons. The Balaban J connectivity index is 0.00000261. The van der Waals surface area contributed by atoms with Gasteiger partial charge in [0.15, 0.2) is 28.2 Å². The van der Waals surface area contributed by atoms with E-state index in [0.717, 1.165) is 4.31 Å². The number of piperazine rings is 1. The van der Waals surface area contributed by atoms with E-state index in [-0.39, 0.29) is 44.0 Å². The number of hydrogen-bond donors (Lipinski definition) is 1. The minimum absolute atomic E-state index is 0. The third kappa shape index (κ3) is 4.05. The van der Waals surface area contributed by atoms with Crippen LogP contribution in [0.5, 0.6) is 0 Å². The summed E-state index contributed by atoms with van der Waals surface area (Å²) < 4.78 is 80.8. The molecule has 3 rings (SSSR count). The summed E-state index contributed by atoms with van der Waals surface area (Å²) in [6.07, 6.45) is 0.877. The first-order valence-electron chi connectivity index (χ1n) is 8.07. The van der Waals surface area contributed by atoms with E-state index >= 15 is 0 Å². The van der Waals surface area contributed by atoms with Gasteiger partial charge >= 0.3 is 0 Å². The molecule has 1 unspecified atom stereocenters. The smallest absolute Gasteiger partial charge is 0.249 e. The predicted molar refractivity (Wildman–Crippen MR) is 89.9 cm³/mol. The summed E-state index contributed by atoms with van der Waals surface area (Å²) in [5, 5.41) is 2.89. The van der Waals surface area contributed by atoms with Gasteiger partial charge in [0.1, 0.15) is 0 Å². The van der Waals surface area contributed by atoms with Crippen molar-refractivity contribution in [2.24, 2.45) is 0 Å². The Morgan fingerprint density at radius 2 is 1.70 bits per heavy atom. The molecule has 0 saturated carbocycles. The molecule has 2 fully saturated rings. The summed E-state index contributed by atoms with van der Waals surface area (Å²) in [5.41, 5.74) is 0. The molecule has 2 saturated heterocycles. The Kier molecular flexibility index (Phi) is 6.72. The van der Waals surface area contributed by atoms with Gasteiger partial charge in [0.25, 0.3) is 0 Å². The van der Waals surface area contributed by atoms with Crippen LogP contribution < -0.4 is 5.32 Å². The summed E-state index contributed by atoms with van der Waals surface area (Å²) in [6.45, 7) is 0.810. The summed E-state index contributed by atoms with van der Waals surface area (Å²) in [4.78, 5) is 11.9. The summed E-state index contributed by atoms with van der Waals surface area (Å²) in [6, 6.07) is -0.500. The van der Waals surface area contributed by atoms with E-state index in [4.69, 9.17) is 0 Å². The maximum absolute atomic E-state index is 13.9. The van der Waals surface area contributed by atoms with Gasteiger partial charge in [-0.3, -0.25) is 4.79 Å². The van der Waals surface area contributed by atoms with Crippen molar-refractivity contribution in [3.63, 3.8) is 0 Å². The minimum Gasteiger partial charge on any atom is -0.336 e. The summed E-state index contributed by atoms with van der Waals surface area (Å²) in [5.74, 6) is -7.68. The van der Waals surface area contributed by atoms with Gasteiger partial charge in [-0.25, -0.2) is 26.0 Å². The van der Waals surface area contributed by atoms with Crippen LogP contribution in [0.4, 0.5) is 17.6 Å². The average Bonchev–Trinajstić information content (AvgIpc) is 2.60. The molecular weight excluding hydrogens is 414 g/mol. The summed E-state index contributed by atoms with van der Waals surface area (Å²) in [7, 11) is -4.81. The zero-order valence-electron chi connectivity index (χ0n) is 14.1. The number of carbonyl (C=O) groups excluding carboxylic acids is 1. The Morgan fingerprint density at radius 3 is 2.30 bits per heavy atom. The Hall–Kier alpha value is -1.43. The zero-order valence-corrected chi connectivity index (χ0v) is 15.7. The normalized spacial score (nSPS) is 21.9. The highest BCUT2D eigenvalue weighted by molar-refractivity contribution is 7.89. The maximum atomic E-state index is 13.9. The number of rotatable bonds is 3. The van der Waals surface area contributed by atoms with Gasteiger partial charge in [-0.2, -0.15) is 4.31 Å². The van der Waals surface area contributed by atoms with Crippen LogP contribution in [0, 0.1) is 23.3 Å². The van der Waals surface area contributed by atoms with Crippen LogP contribution >= 0.6 is 12.4 Å². The van der Waals surface area contributed by atoms with E-state index in [2.05, 4.69) is 5.32 Å². The van der Waals surface area contributed by atoms with Crippen LogP contribution in [0.1, 0.15) is 12.8 Å². The summed E-state index contributed by atoms with van der Waals surface area (Å²) >= 11 is 0. The van der Waals surface area contributed by atoms with Crippen LogP contribution in [0.15, 0.2) is 11.0 Å². The minimum atomic E-state index is -4.81. The number of nitrogens with one attached hydrogen (secondary N) is 1. The third-order valence-corrected chi connectivity index (χ3v) is 6.48. The highest BCUT2D eigenvalue weighted by atomic mass is 35.5.